The van der Waals surface area contributed by atoms with Crippen molar-refractivity contribution in [3.05, 3.63) is 65.7 Å². The van der Waals surface area contributed by atoms with E-state index in [1.807, 2.05) is 42.5 Å². The zero-order valence-corrected chi connectivity index (χ0v) is 20.0. The number of amides is 1. The fourth-order valence-electron chi connectivity index (χ4n) is 3.26. The Morgan fingerprint density at radius 3 is 2.29 bits per heavy atom. The first kappa shape index (κ1) is 27.1. The monoisotopic (exact) mass is 473 g/mol. The fraction of sp³-hybridized carbons (Fsp3) is 0.462. The second kappa shape index (κ2) is 15.7. The summed E-state index contributed by atoms with van der Waals surface area (Å²) in [6, 6.07) is 17.1. The molecular formula is C26H35NO7. The van der Waals surface area contributed by atoms with Crippen LogP contribution in [0.4, 0.5) is 4.79 Å². The van der Waals surface area contributed by atoms with Crippen LogP contribution in [0, 0.1) is 0 Å². The number of carboxylic acids is 1. The van der Waals surface area contributed by atoms with Crippen molar-refractivity contribution in [3.8, 4) is 5.75 Å². The molecule has 34 heavy (non-hydrogen) atoms. The van der Waals surface area contributed by atoms with E-state index in [1.165, 1.54) is 0 Å². The van der Waals surface area contributed by atoms with Crippen molar-refractivity contribution in [2.75, 3.05) is 39.5 Å². The zero-order valence-electron chi connectivity index (χ0n) is 20.0. The van der Waals surface area contributed by atoms with Crippen molar-refractivity contribution in [1.29, 1.82) is 0 Å². The lowest BCUT2D eigenvalue weighted by atomic mass is 10.1. The fourth-order valence-corrected chi connectivity index (χ4v) is 3.26. The first-order valence-corrected chi connectivity index (χ1v) is 11.6. The zero-order chi connectivity index (χ0) is 24.6. The van der Waals surface area contributed by atoms with Crippen molar-refractivity contribution in [2.45, 2.75) is 39.4 Å². The number of hydrogen-bond acceptors (Lipinski definition) is 6. The number of benzene rings is 2. The minimum Gasteiger partial charge on any atom is -0.492 e. The Labute approximate surface area is 201 Å². The van der Waals surface area contributed by atoms with Crippen LogP contribution in [0.2, 0.25) is 0 Å². The predicted molar refractivity (Wildman–Crippen MR) is 128 cm³/mol. The molecule has 1 N–H and O–H groups in total. The highest BCUT2D eigenvalue weighted by atomic mass is 16.6. The second-order valence-corrected chi connectivity index (χ2v) is 7.56. The molecule has 0 aliphatic carbocycles. The molecule has 186 valence electrons. The minimum atomic E-state index is -0.980. The van der Waals surface area contributed by atoms with Crippen LogP contribution in [0.3, 0.4) is 0 Å². The largest absolute Gasteiger partial charge is 0.492 e. The molecular weight excluding hydrogens is 438 g/mol. The summed E-state index contributed by atoms with van der Waals surface area (Å²) in [6.07, 6.45) is -0.274. The van der Waals surface area contributed by atoms with Crippen LogP contribution in [0.25, 0.3) is 0 Å². The summed E-state index contributed by atoms with van der Waals surface area (Å²) < 4.78 is 21.9. The Morgan fingerprint density at radius 2 is 1.65 bits per heavy atom. The maximum absolute atomic E-state index is 12.3. The van der Waals surface area contributed by atoms with Crippen molar-refractivity contribution >= 4 is 12.1 Å². The van der Waals surface area contributed by atoms with E-state index in [2.05, 4.69) is 0 Å². The molecule has 0 bridgehead atoms. The van der Waals surface area contributed by atoms with Crippen LogP contribution < -0.4 is 4.74 Å². The molecule has 0 saturated carbocycles. The topological polar surface area (TPSA) is 94.5 Å². The van der Waals surface area contributed by atoms with Gasteiger partial charge in [-0.3, -0.25) is 0 Å². The van der Waals surface area contributed by atoms with E-state index in [0.717, 1.165) is 11.1 Å². The molecule has 0 radical (unpaired) electrons. The SMILES string of the molecule is CCOC(=O)N(CCCOCc1ccccc1)CCOc1ccc(CC(OCC)C(=O)O)cc1. The van der Waals surface area contributed by atoms with Crippen molar-refractivity contribution in [2.24, 2.45) is 0 Å². The second-order valence-electron chi connectivity index (χ2n) is 7.56. The Morgan fingerprint density at radius 1 is 0.912 bits per heavy atom. The van der Waals surface area contributed by atoms with Gasteiger partial charge in [-0.05, 0) is 43.5 Å². The third-order valence-electron chi connectivity index (χ3n) is 4.97. The number of aliphatic carboxylic acids is 1. The van der Waals surface area contributed by atoms with Gasteiger partial charge in [0.15, 0.2) is 6.10 Å². The van der Waals surface area contributed by atoms with Crippen LogP contribution in [-0.4, -0.2) is 67.7 Å². The number of carbonyl (C=O) groups is 2. The van der Waals surface area contributed by atoms with E-state index in [4.69, 9.17) is 18.9 Å². The van der Waals surface area contributed by atoms with Gasteiger partial charge in [0.1, 0.15) is 12.4 Å². The lowest BCUT2D eigenvalue weighted by Crippen LogP contribution is -2.36. The average Bonchev–Trinajstić information content (AvgIpc) is 2.84. The molecule has 2 aromatic rings. The van der Waals surface area contributed by atoms with Crippen LogP contribution >= 0.6 is 0 Å². The van der Waals surface area contributed by atoms with Crippen LogP contribution in [0.15, 0.2) is 54.6 Å². The molecule has 0 saturated heterocycles. The summed E-state index contributed by atoms with van der Waals surface area (Å²) in [5.41, 5.74) is 1.96. The highest BCUT2D eigenvalue weighted by Crippen LogP contribution is 2.15. The Balaban J connectivity index is 1.76. The first-order valence-electron chi connectivity index (χ1n) is 11.6. The molecule has 1 atom stereocenters. The molecule has 2 aromatic carbocycles. The predicted octanol–water partition coefficient (Wildman–Crippen LogP) is 4.16. The van der Waals surface area contributed by atoms with E-state index in [-0.39, 0.29) is 12.5 Å². The average molecular weight is 474 g/mol. The van der Waals surface area contributed by atoms with Crippen LogP contribution in [0.1, 0.15) is 31.4 Å². The van der Waals surface area contributed by atoms with E-state index >= 15 is 0 Å². The molecule has 8 nitrogen and oxygen atoms in total. The Kier molecular flexibility index (Phi) is 12.5. The van der Waals surface area contributed by atoms with Gasteiger partial charge in [0.05, 0.1) is 19.8 Å². The molecule has 0 fully saturated rings. The van der Waals surface area contributed by atoms with E-state index in [0.29, 0.717) is 58.3 Å². The molecule has 0 aliphatic heterocycles. The summed E-state index contributed by atoms with van der Waals surface area (Å²) in [5.74, 6) is -0.339. The van der Waals surface area contributed by atoms with Gasteiger partial charge in [0, 0.05) is 26.2 Å². The third-order valence-corrected chi connectivity index (χ3v) is 4.97. The Hall–Kier alpha value is -3.10. The maximum Gasteiger partial charge on any atom is 0.409 e. The summed E-state index contributed by atoms with van der Waals surface area (Å²) in [6.45, 7) is 6.45. The van der Waals surface area contributed by atoms with Gasteiger partial charge in [0.2, 0.25) is 0 Å². The highest BCUT2D eigenvalue weighted by molar-refractivity contribution is 5.72. The molecule has 2 rings (SSSR count). The molecule has 1 amide bonds. The van der Waals surface area contributed by atoms with E-state index < -0.39 is 12.1 Å². The molecule has 0 spiro atoms. The molecule has 0 aromatic heterocycles. The number of ether oxygens (including phenoxy) is 4. The van der Waals surface area contributed by atoms with Crippen LogP contribution in [-0.2, 0) is 32.0 Å². The van der Waals surface area contributed by atoms with Crippen molar-refractivity contribution < 1.29 is 33.6 Å². The standard InChI is InChI=1S/C26H35NO7/c1-3-32-24(25(28)29)19-21-11-13-23(14-12-21)34-18-16-27(26(30)33-4-2)15-8-17-31-20-22-9-6-5-7-10-22/h5-7,9-14,24H,3-4,8,15-20H2,1-2H3,(H,28,29). The van der Waals surface area contributed by atoms with Gasteiger partial charge in [-0.25, -0.2) is 9.59 Å². The molecule has 8 heteroatoms. The van der Waals surface area contributed by atoms with Crippen molar-refractivity contribution in [1.82, 2.24) is 4.90 Å². The quantitative estimate of drug-likeness (QED) is 0.366. The number of carboxylic acid groups (broad SMARTS) is 1. The molecule has 1 unspecified atom stereocenters. The van der Waals surface area contributed by atoms with Gasteiger partial charge in [0.25, 0.3) is 0 Å². The number of nitrogens with zero attached hydrogens (tertiary/aromatic N) is 1. The Bertz CT molecular complexity index is 842. The highest BCUT2D eigenvalue weighted by Gasteiger charge is 2.18. The first-order chi connectivity index (χ1) is 16.5. The molecule has 0 aliphatic rings. The minimum absolute atomic E-state index is 0.284. The number of rotatable bonds is 16. The van der Waals surface area contributed by atoms with E-state index in [9.17, 15) is 14.7 Å². The van der Waals surface area contributed by atoms with E-state index in [1.54, 1.807) is 30.9 Å². The maximum atomic E-state index is 12.3. The lowest BCUT2D eigenvalue weighted by molar-refractivity contribution is -0.149. The lowest BCUT2D eigenvalue weighted by Gasteiger charge is -2.22. The van der Waals surface area contributed by atoms with Gasteiger partial charge in [-0.1, -0.05) is 42.5 Å². The van der Waals surface area contributed by atoms with Crippen molar-refractivity contribution in [3.63, 3.8) is 0 Å². The van der Waals surface area contributed by atoms with Gasteiger partial charge in [-0.2, -0.15) is 0 Å². The third kappa shape index (κ3) is 10.2. The van der Waals surface area contributed by atoms with Gasteiger partial charge < -0.3 is 29.0 Å². The summed E-state index contributed by atoms with van der Waals surface area (Å²) in [7, 11) is 0. The summed E-state index contributed by atoms with van der Waals surface area (Å²) >= 11 is 0. The summed E-state index contributed by atoms with van der Waals surface area (Å²) in [5, 5.41) is 9.22. The number of hydrogen-bond donors (Lipinski definition) is 1. The smallest absolute Gasteiger partial charge is 0.409 e. The van der Waals surface area contributed by atoms with Gasteiger partial charge in [-0.15, -0.1) is 0 Å². The normalized spacial score (nSPS) is 11.6. The van der Waals surface area contributed by atoms with Crippen LogP contribution in [0.5, 0.6) is 5.75 Å². The van der Waals surface area contributed by atoms with Gasteiger partial charge >= 0.3 is 12.1 Å². The molecule has 0 heterocycles. The summed E-state index contributed by atoms with van der Waals surface area (Å²) in [4.78, 5) is 25.1. The number of carbonyl (C=O) groups excluding carboxylic acids is 1.